The van der Waals surface area contributed by atoms with Gasteiger partial charge in [0, 0.05) is 18.1 Å². The van der Waals surface area contributed by atoms with Crippen molar-refractivity contribution < 1.29 is 0 Å². The van der Waals surface area contributed by atoms with E-state index < -0.39 is 0 Å². The summed E-state index contributed by atoms with van der Waals surface area (Å²) in [5.41, 5.74) is 2.84. The highest BCUT2D eigenvalue weighted by atomic mass is 79.9. The first-order valence-electron chi connectivity index (χ1n) is 5.66. The number of nitrogens with zero attached hydrogens (tertiary/aromatic N) is 2. The van der Waals surface area contributed by atoms with E-state index in [1.807, 2.05) is 43.4 Å². The van der Waals surface area contributed by atoms with Gasteiger partial charge in [-0.2, -0.15) is 5.26 Å². The molecule has 3 heteroatoms. The Morgan fingerprint density at radius 1 is 1.11 bits per heavy atom. The summed E-state index contributed by atoms with van der Waals surface area (Å²) in [7, 11) is 2.00. The SMILES string of the molecule is CN(Cc1ccccc1)c1cccc(Br)c1C#N. The average Bonchev–Trinajstić information content (AvgIpc) is 2.39. The third kappa shape index (κ3) is 2.72. The van der Waals surface area contributed by atoms with Crippen molar-refractivity contribution in [2.75, 3.05) is 11.9 Å². The highest BCUT2D eigenvalue weighted by Gasteiger charge is 2.10. The molecule has 2 nitrogen and oxygen atoms in total. The quantitative estimate of drug-likeness (QED) is 0.858. The van der Waals surface area contributed by atoms with Crippen molar-refractivity contribution in [3.8, 4) is 6.07 Å². The maximum Gasteiger partial charge on any atom is 0.103 e. The monoisotopic (exact) mass is 300 g/mol. The highest BCUT2D eigenvalue weighted by molar-refractivity contribution is 9.10. The molecular formula is C15H13BrN2. The van der Waals surface area contributed by atoms with Crippen LogP contribution in [0.25, 0.3) is 0 Å². The molecule has 0 aromatic heterocycles. The van der Waals surface area contributed by atoms with E-state index in [2.05, 4.69) is 39.0 Å². The van der Waals surface area contributed by atoms with Crippen molar-refractivity contribution in [3.05, 3.63) is 64.1 Å². The molecule has 2 aromatic carbocycles. The summed E-state index contributed by atoms with van der Waals surface area (Å²) in [6, 6.07) is 18.3. The summed E-state index contributed by atoms with van der Waals surface area (Å²) in [6.07, 6.45) is 0. The van der Waals surface area contributed by atoms with Crippen molar-refractivity contribution in [3.63, 3.8) is 0 Å². The van der Waals surface area contributed by atoms with E-state index in [1.165, 1.54) is 5.56 Å². The second-order valence-corrected chi connectivity index (χ2v) is 4.94. The minimum absolute atomic E-state index is 0.677. The van der Waals surface area contributed by atoms with Gasteiger partial charge >= 0.3 is 0 Å². The Balaban J connectivity index is 2.27. The predicted molar refractivity (Wildman–Crippen MR) is 77.4 cm³/mol. The van der Waals surface area contributed by atoms with Gasteiger partial charge in [0.1, 0.15) is 6.07 Å². The van der Waals surface area contributed by atoms with Crippen molar-refractivity contribution in [1.29, 1.82) is 5.26 Å². The van der Waals surface area contributed by atoms with E-state index in [1.54, 1.807) is 0 Å². The smallest absolute Gasteiger partial charge is 0.103 e. The molecule has 0 aliphatic rings. The fraction of sp³-hybridized carbons (Fsp3) is 0.133. The van der Waals surface area contributed by atoms with Crippen LogP contribution in [0.5, 0.6) is 0 Å². The Hall–Kier alpha value is -1.79. The third-order valence-corrected chi connectivity index (χ3v) is 3.44. The lowest BCUT2D eigenvalue weighted by molar-refractivity contribution is 0.920. The molecule has 0 aliphatic heterocycles. The molecule has 0 radical (unpaired) electrons. The van der Waals surface area contributed by atoms with Gasteiger partial charge in [0.05, 0.1) is 11.3 Å². The van der Waals surface area contributed by atoms with Crippen LogP contribution in [0.1, 0.15) is 11.1 Å². The topological polar surface area (TPSA) is 27.0 Å². The predicted octanol–water partition coefficient (Wildman–Crippen LogP) is 3.96. The fourth-order valence-corrected chi connectivity index (χ4v) is 2.33. The van der Waals surface area contributed by atoms with Gasteiger partial charge in [-0.15, -0.1) is 0 Å². The molecule has 0 amide bonds. The van der Waals surface area contributed by atoms with Crippen LogP contribution in [0.4, 0.5) is 5.69 Å². The normalized spacial score (nSPS) is 9.83. The van der Waals surface area contributed by atoms with Crippen molar-refractivity contribution >= 4 is 21.6 Å². The molecule has 18 heavy (non-hydrogen) atoms. The number of benzene rings is 2. The van der Waals surface area contributed by atoms with Gasteiger partial charge in [-0.3, -0.25) is 0 Å². The number of hydrogen-bond acceptors (Lipinski definition) is 2. The Morgan fingerprint density at radius 2 is 1.83 bits per heavy atom. The van der Waals surface area contributed by atoms with Crippen molar-refractivity contribution in [2.45, 2.75) is 6.54 Å². The molecule has 0 bridgehead atoms. The first-order chi connectivity index (χ1) is 8.72. The number of halogens is 1. The van der Waals surface area contributed by atoms with Crippen LogP contribution in [-0.4, -0.2) is 7.05 Å². The molecule has 0 saturated heterocycles. The molecule has 2 aromatic rings. The zero-order valence-electron chi connectivity index (χ0n) is 10.1. The van der Waals surface area contributed by atoms with E-state index in [0.29, 0.717) is 5.56 Å². The van der Waals surface area contributed by atoms with Gasteiger partial charge in [-0.1, -0.05) is 36.4 Å². The Morgan fingerprint density at radius 3 is 2.50 bits per heavy atom. The van der Waals surface area contributed by atoms with Crippen LogP contribution in [0.3, 0.4) is 0 Å². The van der Waals surface area contributed by atoms with Crippen molar-refractivity contribution in [1.82, 2.24) is 0 Å². The lowest BCUT2D eigenvalue weighted by Gasteiger charge is -2.21. The Kier molecular flexibility index (Phi) is 4.01. The number of rotatable bonds is 3. The van der Waals surface area contributed by atoms with Crippen LogP contribution in [0.2, 0.25) is 0 Å². The van der Waals surface area contributed by atoms with Crippen LogP contribution in [0, 0.1) is 11.3 Å². The summed E-state index contributed by atoms with van der Waals surface area (Å²) in [5, 5.41) is 9.21. The first kappa shape index (κ1) is 12.7. The summed E-state index contributed by atoms with van der Waals surface area (Å²) in [4.78, 5) is 2.08. The first-order valence-corrected chi connectivity index (χ1v) is 6.45. The van der Waals surface area contributed by atoms with Gasteiger partial charge in [-0.25, -0.2) is 0 Å². The van der Waals surface area contributed by atoms with Gasteiger partial charge < -0.3 is 4.90 Å². The Labute approximate surface area is 116 Å². The van der Waals surface area contributed by atoms with Gasteiger partial charge in [0.2, 0.25) is 0 Å². The summed E-state index contributed by atoms with van der Waals surface area (Å²) in [5.74, 6) is 0. The molecule has 90 valence electrons. The lowest BCUT2D eigenvalue weighted by atomic mass is 10.1. The summed E-state index contributed by atoms with van der Waals surface area (Å²) < 4.78 is 0.836. The second-order valence-electron chi connectivity index (χ2n) is 4.09. The minimum Gasteiger partial charge on any atom is -0.369 e. The van der Waals surface area contributed by atoms with Gasteiger partial charge in [0.15, 0.2) is 0 Å². The molecule has 0 N–H and O–H groups in total. The van der Waals surface area contributed by atoms with Crippen molar-refractivity contribution in [2.24, 2.45) is 0 Å². The van der Waals surface area contributed by atoms with E-state index in [4.69, 9.17) is 0 Å². The number of hydrogen-bond donors (Lipinski definition) is 0. The van der Waals surface area contributed by atoms with E-state index in [9.17, 15) is 5.26 Å². The second kappa shape index (κ2) is 5.70. The average molecular weight is 301 g/mol. The molecule has 0 spiro atoms. The summed E-state index contributed by atoms with van der Waals surface area (Å²) >= 11 is 3.41. The minimum atomic E-state index is 0.677. The standard InChI is InChI=1S/C15H13BrN2/c1-18(11-12-6-3-2-4-7-12)15-9-5-8-14(16)13(15)10-17/h2-9H,11H2,1H3. The maximum absolute atomic E-state index is 9.21. The molecule has 0 saturated carbocycles. The molecule has 0 atom stereocenters. The van der Waals surface area contributed by atoms with E-state index in [-0.39, 0.29) is 0 Å². The zero-order valence-corrected chi connectivity index (χ0v) is 11.7. The third-order valence-electron chi connectivity index (χ3n) is 2.78. The maximum atomic E-state index is 9.21. The molecule has 0 aliphatic carbocycles. The number of nitriles is 1. The Bertz CT molecular complexity index is 573. The number of anilines is 1. The fourth-order valence-electron chi connectivity index (χ4n) is 1.88. The molecule has 0 fully saturated rings. The molecule has 0 unspecified atom stereocenters. The van der Waals surface area contributed by atoms with Gasteiger partial charge in [0.25, 0.3) is 0 Å². The van der Waals surface area contributed by atoms with Crippen LogP contribution in [-0.2, 0) is 6.54 Å². The van der Waals surface area contributed by atoms with E-state index >= 15 is 0 Å². The van der Waals surface area contributed by atoms with Crippen LogP contribution >= 0.6 is 15.9 Å². The molecule has 0 heterocycles. The van der Waals surface area contributed by atoms with E-state index in [0.717, 1.165) is 16.7 Å². The lowest BCUT2D eigenvalue weighted by Crippen LogP contribution is -2.17. The van der Waals surface area contributed by atoms with Crippen LogP contribution in [0.15, 0.2) is 53.0 Å². The molecule has 2 rings (SSSR count). The summed E-state index contributed by atoms with van der Waals surface area (Å²) in [6.45, 7) is 0.784. The van der Waals surface area contributed by atoms with Crippen LogP contribution < -0.4 is 4.90 Å². The molecular weight excluding hydrogens is 288 g/mol. The largest absolute Gasteiger partial charge is 0.369 e. The zero-order chi connectivity index (χ0) is 13.0. The highest BCUT2D eigenvalue weighted by Crippen LogP contribution is 2.27. The van der Waals surface area contributed by atoms with Gasteiger partial charge in [-0.05, 0) is 33.6 Å².